The number of halogens is 2. The summed E-state index contributed by atoms with van der Waals surface area (Å²) in [5, 5.41) is 4.18. The number of aliphatic imine (C=N–C) groups is 1. The number of primary amides is 1. The summed E-state index contributed by atoms with van der Waals surface area (Å²) in [6.07, 6.45) is 0. The van der Waals surface area contributed by atoms with Gasteiger partial charge < -0.3 is 20.7 Å². The number of carbonyl (C=O) groups is 1. The molecule has 9 heteroatoms. The van der Waals surface area contributed by atoms with Gasteiger partial charge in [-0.15, -0.1) is 24.0 Å². The molecule has 1 heterocycles. The fourth-order valence-electron chi connectivity index (χ4n) is 3.49. The van der Waals surface area contributed by atoms with E-state index >= 15 is 0 Å². The van der Waals surface area contributed by atoms with Crippen LogP contribution in [0.1, 0.15) is 18.1 Å². The fourth-order valence-corrected chi connectivity index (χ4v) is 3.70. The third-order valence-corrected chi connectivity index (χ3v) is 5.23. The van der Waals surface area contributed by atoms with E-state index in [1.807, 2.05) is 36.4 Å². The molecule has 0 aliphatic carbocycles. The van der Waals surface area contributed by atoms with Gasteiger partial charge in [0, 0.05) is 44.3 Å². The van der Waals surface area contributed by atoms with Gasteiger partial charge in [-0.05, 0) is 42.3 Å². The minimum Gasteiger partial charge on any atom is -0.484 e. The number of piperazine rings is 1. The molecule has 0 saturated carbocycles. The van der Waals surface area contributed by atoms with Crippen molar-refractivity contribution in [1.29, 1.82) is 0 Å². The Bertz CT molecular complexity index is 903. The normalized spacial score (nSPS) is 14.6. The van der Waals surface area contributed by atoms with E-state index in [1.54, 1.807) is 6.07 Å². The number of benzene rings is 2. The lowest BCUT2D eigenvalue weighted by Gasteiger charge is -2.36. The molecule has 3 rings (SSSR count). The maximum atomic E-state index is 10.9. The number of ether oxygens (including phenoxy) is 1. The van der Waals surface area contributed by atoms with Crippen LogP contribution >= 0.6 is 35.6 Å². The number of nitrogens with two attached hydrogens (primary N) is 1. The molecular formula is C23H31ClIN5O2. The van der Waals surface area contributed by atoms with Gasteiger partial charge in [-0.3, -0.25) is 9.69 Å². The molecule has 1 fully saturated rings. The molecule has 0 aromatic heterocycles. The Morgan fingerprint density at radius 2 is 1.84 bits per heavy atom. The second kappa shape index (κ2) is 13.5. The number of hydrogen-bond donors (Lipinski definition) is 2. The number of nitrogens with zero attached hydrogens (tertiary/aromatic N) is 3. The van der Waals surface area contributed by atoms with Crippen molar-refractivity contribution in [2.75, 3.05) is 39.3 Å². The van der Waals surface area contributed by atoms with Crippen LogP contribution in [0.4, 0.5) is 0 Å². The van der Waals surface area contributed by atoms with E-state index in [9.17, 15) is 4.79 Å². The predicted molar refractivity (Wildman–Crippen MR) is 140 cm³/mol. The fraction of sp³-hybridized carbons (Fsp3) is 0.391. The standard InChI is InChI=1S/C23H30ClN5O2.HI/c1-2-26-23(27-15-18-5-4-8-21(14-18)31-17-22(25)30)29-11-9-28(10-12-29)16-19-6-3-7-20(24)13-19;/h3-8,13-14H,2,9-12,15-17H2,1H3,(H2,25,30)(H,26,27);1H. The van der Waals surface area contributed by atoms with Crippen molar-refractivity contribution in [1.82, 2.24) is 15.1 Å². The second-order valence-corrected chi connectivity index (χ2v) is 7.90. The molecule has 0 bridgehead atoms. The van der Waals surface area contributed by atoms with Crippen LogP contribution in [-0.2, 0) is 17.9 Å². The van der Waals surface area contributed by atoms with Gasteiger partial charge >= 0.3 is 0 Å². The van der Waals surface area contributed by atoms with E-state index in [0.717, 1.165) is 55.8 Å². The molecule has 0 radical (unpaired) electrons. The lowest BCUT2D eigenvalue weighted by Crippen LogP contribution is -2.52. The zero-order valence-corrected chi connectivity index (χ0v) is 21.4. The van der Waals surface area contributed by atoms with Crippen molar-refractivity contribution in [3.05, 3.63) is 64.7 Å². The Morgan fingerprint density at radius 3 is 2.53 bits per heavy atom. The molecule has 0 unspecified atom stereocenters. The summed E-state index contributed by atoms with van der Waals surface area (Å²) in [5.74, 6) is 1.03. The molecule has 2 aromatic carbocycles. The summed E-state index contributed by atoms with van der Waals surface area (Å²) in [4.78, 5) is 20.5. The summed E-state index contributed by atoms with van der Waals surface area (Å²) < 4.78 is 5.38. The lowest BCUT2D eigenvalue weighted by atomic mass is 10.2. The molecule has 1 saturated heterocycles. The van der Waals surface area contributed by atoms with E-state index < -0.39 is 5.91 Å². The van der Waals surface area contributed by atoms with Gasteiger partial charge in [0.05, 0.1) is 6.54 Å². The van der Waals surface area contributed by atoms with E-state index in [2.05, 4.69) is 28.1 Å². The Labute approximate surface area is 212 Å². The Balaban J connectivity index is 0.00000363. The van der Waals surface area contributed by atoms with Gasteiger partial charge in [0.1, 0.15) is 5.75 Å². The van der Waals surface area contributed by atoms with Crippen LogP contribution in [0.2, 0.25) is 5.02 Å². The van der Waals surface area contributed by atoms with Crippen molar-refractivity contribution < 1.29 is 9.53 Å². The minimum absolute atomic E-state index is 0. The first kappa shape index (κ1) is 26.2. The van der Waals surface area contributed by atoms with E-state index in [1.165, 1.54) is 5.56 Å². The summed E-state index contributed by atoms with van der Waals surface area (Å²) in [7, 11) is 0. The Morgan fingerprint density at radius 1 is 1.12 bits per heavy atom. The summed E-state index contributed by atoms with van der Waals surface area (Å²) >= 11 is 6.11. The van der Waals surface area contributed by atoms with Crippen LogP contribution in [0.25, 0.3) is 0 Å². The van der Waals surface area contributed by atoms with Crippen molar-refractivity contribution in [2.45, 2.75) is 20.0 Å². The first-order chi connectivity index (χ1) is 15.0. The van der Waals surface area contributed by atoms with Crippen LogP contribution in [-0.4, -0.2) is 61.0 Å². The average Bonchev–Trinajstić information content (AvgIpc) is 2.76. The van der Waals surface area contributed by atoms with Crippen LogP contribution in [0, 0.1) is 0 Å². The van der Waals surface area contributed by atoms with Gasteiger partial charge in [-0.25, -0.2) is 4.99 Å². The molecule has 0 atom stereocenters. The molecular weight excluding hydrogens is 541 g/mol. The Kier molecular flexibility index (Phi) is 11.1. The van der Waals surface area contributed by atoms with Gasteiger partial charge in [-0.2, -0.15) is 0 Å². The molecule has 3 N–H and O–H groups in total. The molecule has 174 valence electrons. The zero-order chi connectivity index (χ0) is 22.1. The highest BCUT2D eigenvalue weighted by Crippen LogP contribution is 2.16. The second-order valence-electron chi connectivity index (χ2n) is 7.47. The number of amides is 1. The molecule has 1 amide bonds. The van der Waals surface area contributed by atoms with Crippen molar-refractivity contribution in [3.63, 3.8) is 0 Å². The van der Waals surface area contributed by atoms with Crippen LogP contribution < -0.4 is 15.8 Å². The maximum absolute atomic E-state index is 10.9. The quantitative estimate of drug-likeness (QED) is 0.289. The molecule has 7 nitrogen and oxygen atoms in total. The van der Waals surface area contributed by atoms with Gasteiger partial charge in [-0.1, -0.05) is 35.9 Å². The third-order valence-electron chi connectivity index (χ3n) is 4.99. The molecule has 0 spiro atoms. The first-order valence-electron chi connectivity index (χ1n) is 10.5. The largest absolute Gasteiger partial charge is 0.484 e. The van der Waals surface area contributed by atoms with Crippen LogP contribution in [0.15, 0.2) is 53.5 Å². The summed E-state index contributed by atoms with van der Waals surface area (Å²) in [5.41, 5.74) is 7.39. The van der Waals surface area contributed by atoms with Crippen molar-refractivity contribution >= 4 is 47.4 Å². The minimum atomic E-state index is -0.493. The average molecular weight is 572 g/mol. The number of carbonyl (C=O) groups excluding carboxylic acids is 1. The molecule has 32 heavy (non-hydrogen) atoms. The van der Waals surface area contributed by atoms with Gasteiger partial charge in [0.15, 0.2) is 12.6 Å². The van der Waals surface area contributed by atoms with Gasteiger partial charge in [0.2, 0.25) is 0 Å². The first-order valence-corrected chi connectivity index (χ1v) is 10.9. The van der Waals surface area contributed by atoms with Crippen molar-refractivity contribution in [2.24, 2.45) is 10.7 Å². The van der Waals surface area contributed by atoms with Crippen LogP contribution in [0.3, 0.4) is 0 Å². The molecule has 1 aliphatic rings. The smallest absolute Gasteiger partial charge is 0.255 e. The number of guanidine groups is 1. The van der Waals surface area contributed by atoms with Gasteiger partial charge in [0.25, 0.3) is 5.91 Å². The maximum Gasteiger partial charge on any atom is 0.255 e. The number of rotatable bonds is 8. The Hall–Kier alpha value is -2.04. The third kappa shape index (κ3) is 8.48. The topological polar surface area (TPSA) is 83.2 Å². The van der Waals surface area contributed by atoms with E-state index in [-0.39, 0.29) is 30.6 Å². The lowest BCUT2D eigenvalue weighted by molar-refractivity contribution is -0.119. The van der Waals surface area contributed by atoms with E-state index in [4.69, 9.17) is 27.1 Å². The van der Waals surface area contributed by atoms with E-state index in [0.29, 0.717) is 12.3 Å². The highest BCUT2D eigenvalue weighted by Gasteiger charge is 2.19. The number of nitrogens with one attached hydrogen (secondary N) is 1. The zero-order valence-electron chi connectivity index (χ0n) is 18.3. The van der Waals surface area contributed by atoms with Crippen molar-refractivity contribution in [3.8, 4) is 5.75 Å². The number of hydrogen-bond acceptors (Lipinski definition) is 4. The molecule has 1 aliphatic heterocycles. The highest BCUT2D eigenvalue weighted by atomic mass is 127. The summed E-state index contributed by atoms with van der Waals surface area (Å²) in [6, 6.07) is 15.6. The van der Waals surface area contributed by atoms with Crippen LogP contribution in [0.5, 0.6) is 5.75 Å². The highest BCUT2D eigenvalue weighted by molar-refractivity contribution is 14.0. The molecule has 2 aromatic rings. The summed E-state index contributed by atoms with van der Waals surface area (Å²) in [6.45, 7) is 7.93. The predicted octanol–water partition coefficient (Wildman–Crippen LogP) is 3.11. The SMILES string of the molecule is CCNC(=NCc1cccc(OCC(N)=O)c1)N1CCN(Cc2cccc(Cl)c2)CC1.I. The monoisotopic (exact) mass is 571 g/mol.